The smallest absolute Gasteiger partial charge is 0.242 e. The molecule has 1 aromatic carbocycles. The third kappa shape index (κ3) is 2.96. The van der Waals surface area contributed by atoms with Crippen LogP contribution in [0.3, 0.4) is 0 Å². The highest BCUT2D eigenvalue weighted by atomic mass is 32.2. The third-order valence-corrected chi connectivity index (χ3v) is 4.49. The van der Waals surface area contributed by atoms with E-state index in [-0.39, 0.29) is 12.3 Å². The summed E-state index contributed by atoms with van der Waals surface area (Å²) in [6, 6.07) is 2.03. The van der Waals surface area contributed by atoms with Crippen molar-refractivity contribution in [3.8, 4) is 0 Å². The largest absolute Gasteiger partial charge is 0.311 e. The lowest BCUT2D eigenvalue weighted by Gasteiger charge is -2.17. The van der Waals surface area contributed by atoms with Gasteiger partial charge < -0.3 is 4.90 Å². The average molecular weight is 304 g/mol. The normalized spacial score (nSPS) is 14.4. The van der Waals surface area contributed by atoms with E-state index in [1.54, 1.807) is 0 Å². The zero-order chi connectivity index (χ0) is 14.9. The summed E-state index contributed by atoms with van der Waals surface area (Å²) in [5.41, 5.74) is 0.834. The Labute approximate surface area is 115 Å². The molecule has 1 aliphatic rings. The molecule has 0 saturated carbocycles. The molecule has 1 amide bonds. The molecular formula is C12H14F2N2O3S. The summed E-state index contributed by atoms with van der Waals surface area (Å²) in [6.45, 7) is 1.34. The molecule has 110 valence electrons. The Morgan fingerprint density at radius 1 is 1.35 bits per heavy atom. The Morgan fingerprint density at radius 2 is 2.00 bits per heavy atom. The first kappa shape index (κ1) is 14.9. The molecule has 0 saturated heterocycles. The van der Waals surface area contributed by atoms with Gasteiger partial charge in [0.25, 0.3) is 0 Å². The zero-order valence-corrected chi connectivity index (χ0v) is 11.6. The molecule has 5 nitrogen and oxygen atoms in total. The number of nitrogens with zero attached hydrogens (tertiary/aromatic N) is 1. The maximum absolute atomic E-state index is 13.2. The molecule has 2 rings (SSSR count). The summed E-state index contributed by atoms with van der Waals surface area (Å²) in [4.78, 5) is 13.2. The van der Waals surface area contributed by atoms with E-state index in [4.69, 9.17) is 0 Å². The second kappa shape index (κ2) is 5.45. The maximum Gasteiger partial charge on any atom is 0.242 e. The van der Waals surface area contributed by atoms with Gasteiger partial charge in [-0.15, -0.1) is 0 Å². The van der Waals surface area contributed by atoms with Gasteiger partial charge in [-0.3, -0.25) is 4.79 Å². The van der Waals surface area contributed by atoms with E-state index in [2.05, 4.69) is 4.72 Å². The van der Waals surface area contributed by atoms with Gasteiger partial charge in [-0.05, 0) is 25.0 Å². The van der Waals surface area contributed by atoms with Crippen molar-refractivity contribution in [3.05, 3.63) is 29.3 Å². The number of amides is 1. The van der Waals surface area contributed by atoms with Gasteiger partial charge in [0, 0.05) is 12.6 Å². The van der Waals surface area contributed by atoms with Gasteiger partial charge in [-0.2, -0.15) is 0 Å². The van der Waals surface area contributed by atoms with Crippen LogP contribution in [0.4, 0.5) is 14.5 Å². The number of hydrogen-bond donors (Lipinski definition) is 1. The Balaban J connectivity index is 2.14. The topological polar surface area (TPSA) is 66.5 Å². The average Bonchev–Trinajstić information content (AvgIpc) is 2.79. The van der Waals surface area contributed by atoms with Crippen molar-refractivity contribution in [1.29, 1.82) is 0 Å². The molecule has 0 aliphatic carbocycles. The predicted molar refractivity (Wildman–Crippen MR) is 69.9 cm³/mol. The number of carbonyl (C=O) groups excluding carboxylic acids is 1. The molecule has 0 unspecified atom stereocenters. The molecule has 0 fully saturated rings. The second-order valence-electron chi connectivity index (χ2n) is 4.41. The molecule has 0 atom stereocenters. The SMILES string of the molecule is CCS(=O)(=O)NCC(=O)N1CCc2cc(F)c(F)cc21. The van der Waals surface area contributed by atoms with Crippen LogP contribution in [0.25, 0.3) is 0 Å². The summed E-state index contributed by atoms with van der Waals surface area (Å²) in [6.07, 6.45) is 0.415. The Hall–Kier alpha value is -1.54. The van der Waals surface area contributed by atoms with Crippen LogP contribution in [0.1, 0.15) is 12.5 Å². The first-order valence-corrected chi connectivity index (χ1v) is 7.75. The number of fused-ring (bicyclic) bond motifs is 1. The van der Waals surface area contributed by atoms with Crippen LogP contribution in [0, 0.1) is 11.6 Å². The molecular weight excluding hydrogens is 290 g/mol. The predicted octanol–water partition coefficient (Wildman–Crippen LogP) is 0.793. The molecule has 8 heteroatoms. The van der Waals surface area contributed by atoms with Crippen LogP contribution in [0.5, 0.6) is 0 Å². The highest BCUT2D eigenvalue weighted by Crippen LogP contribution is 2.30. The van der Waals surface area contributed by atoms with Gasteiger partial charge in [0.15, 0.2) is 11.6 Å². The van der Waals surface area contributed by atoms with Crippen molar-refractivity contribution in [2.45, 2.75) is 13.3 Å². The number of nitrogens with one attached hydrogen (secondary N) is 1. The van der Waals surface area contributed by atoms with Crippen LogP contribution in [0.15, 0.2) is 12.1 Å². The lowest BCUT2D eigenvalue weighted by atomic mass is 10.1. The monoisotopic (exact) mass is 304 g/mol. The Morgan fingerprint density at radius 3 is 2.65 bits per heavy atom. The highest BCUT2D eigenvalue weighted by molar-refractivity contribution is 7.89. The molecule has 1 aromatic rings. The maximum atomic E-state index is 13.2. The van der Waals surface area contributed by atoms with E-state index in [0.717, 1.165) is 12.1 Å². The third-order valence-electron chi connectivity index (χ3n) is 3.14. The van der Waals surface area contributed by atoms with E-state index in [9.17, 15) is 22.0 Å². The van der Waals surface area contributed by atoms with Crippen LogP contribution in [-0.2, 0) is 21.2 Å². The van der Waals surface area contributed by atoms with Crippen molar-refractivity contribution in [2.75, 3.05) is 23.7 Å². The minimum absolute atomic E-state index is 0.128. The number of sulfonamides is 1. The van der Waals surface area contributed by atoms with E-state index in [0.29, 0.717) is 17.7 Å². The zero-order valence-electron chi connectivity index (χ0n) is 10.8. The van der Waals surface area contributed by atoms with E-state index < -0.39 is 34.1 Å². The number of carbonyl (C=O) groups is 1. The van der Waals surface area contributed by atoms with Crippen LogP contribution < -0.4 is 9.62 Å². The van der Waals surface area contributed by atoms with Gasteiger partial charge in [0.1, 0.15) is 0 Å². The lowest BCUT2D eigenvalue weighted by molar-refractivity contribution is -0.117. The van der Waals surface area contributed by atoms with Gasteiger partial charge in [-0.25, -0.2) is 21.9 Å². The van der Waals surface area contributed by atoms with Crippen LogP contribution in [0.2, 0.25) is 0 Å². The molecule has 1 aliphatic heterocycles. The molecule has 0 spiro atoms. The van der Waals surface area contributed by atoms with Gasteiger partial charge in [0.05, 0.1) is 18.0 Å². The molecule has 0 bridgehead atoms. The fraction of sp³-hybridized carbons (Fsp3) is 0.417. The molecule has 1 heterocycles. The lowest BCUT2D eigenvalue weighted by Crippen LogP contribution is -2.39. The number of rotatable bonds is 4. The van der Waals surface area contributed by atoms with Crippen LogP contribution >= 0.6 is 0 Å². The van der Waals surface area contributed by atoms with Crippen molar-refractivity contribution >= 4 is 21.6 Å². The molecule has 1 N–H and O–H groups in total. The Kier molecular flexibility index (Phi) is 4.05. The van der Waals surface area contributed by atoms with Crippen molar-refractivity contribution < 1.29 is 22.0 Å². The van der Waals surface area contributed by atoms with Crippen molar-refractivity contribution in [3.63, 3.8) is 0 Å². The minimum Gasteiger partial charge on any atom is -0.311 e. The molecule has 0 radical (unpaired) electrons. The fourth-order valence-corrected chi connectivity index (χ4v) is 2.56. The van der Waals surface area contributed by atoms with E-state index in [1.807, 2.05) is 0 Å². The number of benzene rings is 1. The number of anilines is 1. The summed E-state index contributed by atoms with van der Waals surface area (Å²) >= 11 is 0. The highest BCUT2D eigenvalue weighted by Gasteiger charge is 2.27. The summed E-state index contributed by atoms with van der Waals surface area (Å²) in [7, 11) is -3.47. The van der Waals surface area contributed by atoms with Crippen molar-refractivity contribution in [1.82, 2.24) is 4.72 Å². The summed E-state index contributed by atoms with van der Waals surface area (Å²) < 4.78 is 51.0. The second-order valence-corrected chi connectivity index (χ2v) is 6.51. The summed E-state index contributed by atoms with van der Waals surface area (Å²) in [5.74, 6) is -2.61. The van der Waals surface area contributed by atoms with Gasteiger partial charge in [-0.1, -0.05) is 0 Å². The fourth-order valence-electron chi connectivity index (χ4n) is 2.01. The standard InChI is InChI=1S/C12H14F2N2O3S/c1-2-20(18,19)15-7-12(17)16-4-3-8-5-9(13)10(14)6-11(8)16/h5-6,15H,2-4,7H2,1H3. The van der Waals surface area contributed by atoms with Crippen LogP contribution in [-0.4, -0.2) is 33.2 Å². The van der Waals surface area contributed by atoms with Crippen molar-refractivity contribution in [2.24, 2.45) is 0 Å². The van der Waals surface area contributed by atoms with Gasteiger partial charge >= 0.3 is 0 Å². The molecule has 20 heavy (non-hydrogen) atoms. The first-order valence-electron chi connectivity index (χ1n) is 6.09. The first-order chi connectivity index (χ1) is 9.34. The van der Waals surface area contributed by atoms with Gasteiger partial charge in [0.2, 0.25) is 15.9 Å². The van der Waals surface area contributed by atoms with E-state index >= 15 is 0 Å². The van der Waals surface area contributed by atoms with E-state index in [1.165, 1.54) is 11.8 Å². The number of hydrogen-bond acceptors (Lipinski definition) is 3. The quantitative estimate of drug-likeness (QED) is 0.894. The Bertz CT molecular complexity index is 646. The summed E-state index contributed by atoms with van der Waals surface area (Å²) in [5, 5.41) is 0. The molecule has 0 aromatic heterocycles. The number of halogens is 2. The minimum atomic E-state index is -3.47.